The van der Waals surface area contributed by atoms with E-state index in [4.69, 9.17) is 4.98 Å². The third-order valence-corrected chi connectivity index (χ3v) is 4.40. The lowest BCUT2D eigenvalue weighted by atomic mass is 9.97. The molecule has 0 unspecified atom stereocenters. The molecule has 4 rings (SSSR count). The van der Waals surface area contributed by atoms with E-state index in [1.807, 2.05) is 12.1 Å². The number of hydrogen-bond donors (Lipinski definition) is 1. The first-order chi connectivity index (χ1) is 10.8. The van der Waals surface area contributed by atoms with Gasteiger partial charge in [0.15, 0.2) is 0 Å². The maximum atomic E-state index is 13.2. The molecular weight excluding hydrogens is 277 g/mol. The Balaban J connectivity index is 1.86. The van der Waals surface area contributed by atoms with Crippen LogP contribution in [0.5, 0.6) is 0 Å². The topological polar surface area (TPSA) is 29.3 Å². The second-order valence-corrected chi connectivity index (χ2v) is 5.81. The Morgan fingerprint density at radius 2 is 1.82 bits per heavy atom. The zero-order valence-electron chi connectivity index (χ0n) is 12.3. The Kier molecular flexibility index (Phi) is 3.39. The Morgan fingerprint density at radius 1 is 1.05 bits per heavy atom. The molecule has 0 atom stereocenters. The van der Waals surface area contributed by atoms with Gasteiger partial charge in [0.25, 0.3) is 0 Å². The van der Waals surface area contributed by atoms with E-state index >= 15 is 0 Å². The van der Waals surface area contributed by atoms with Crippen LogP contribution in [0.2, 0.25) is 0 Å². The minimum absolute atomic E-state index is 0.217. The molecule has 0 saturated carbocycles. The molecule has 1 aliphatic heterocycles. The first-order valence-electron chi connectivity index (χ1n) is 7.76. The van der Waals surface area contributed by atoms with Crippen molar-refractivity contribution in [2.75, 3.05) is 13.1 Å². The van der Waals surface area contributed by atoms with Gasteiger partial charge in [-0.2, -0.15) is 0 Å². The van der Waals surface area contributed by atoms with Crippen molar-refractivity contribution in [3.05, 3.63) is 60.3 Å². The van der Waals surface area contributed by atoms with E-state index in [0.717, 1.165) is 48.5 Å². The highest BCUT2D eigenvalue weighted by Gasteiger charge is 2.22. The van der Waals surface area contributed by atoms with Crippen LogP contribution in [0.4, 0.5) is 4.39 Å². The van der Waals surface area contributed by atoms with Crippen LogP contribution in [0.25, 0.3) is 16.8 Å². The van der Waals surface area contributed by atoms with Gasteiger partial charge in [-0.15, -0.1) is 0 Å². The monoisotopic (exact) mass is 295 g/mol. The van der Waals surface area contributed by atoms with Crippen LogP contribution in [-0.2, 0) is 0 Å². The van der Waals surface area contributed by atoms with Crippen molar-refractivity contribution < 1.29 is 4.39 Å². The van der Waals surface area contributed by atoms with Gasteiger partial charge in [0.2, 0.25) is 0 Å². The average molecular weight is 295 g/mol. The highest BCUT2D eigenvalue weighted by atomic mass is 19.1. The quantitative estimate of drug-likeness (QED) is 0.782. The Labute approximate surface area is 128 Å². The zero-order chi connectivity index (χ0) is 14.9. The number of benzene rings is 1. The molecule has 0 aliphatic carbocycles. The molecular formula is C18H18FN3. The lowest BCUT2D eigenvalue weighted by molar-refractivity contribution is 0.444. The van der Waals surface area contributed by atoms with Crippen LogP contribution >= 0.6 is 0 Å². The standard InChI is InChI=1S/C18H18FN3/c19-15-6-4-13(5-7-15)17-16-3-1-2-12-22(16)18(21-17)14-8-10-20-11-9-14/h1-7,12,14,20H,8-11H2. The van der Waals surface area contributed by atoms with E-state index in [1.165, 1.54) is 12.1 Å². The van der Waals surface area contributed by atoms with Gasteiger partial charge in [-0.3, -0.25) is 0 Å². The van der Waals surface area contributed by atoms with E-state index in [0.29, 0.717) is 5.92 Å². The van der Waals surface area contributed by atoms with E-state index < -0.39 is 0 Å². The molecule has 3 nitrogen and oxygen atoms in total. The SMILES string of the molecule is Fc1ccc(-c2nc(C3CCNCC3)n3ccccc23)cc1. The van der Waals surface area contributed by atoms with E-state index in [-0.39, 0.29) is 5.82 Å². The van der Waals surface area contributed by atoms with Crippen LogP contribution in [0.1, 0.15) is 24.6 Å². The van der Waals surface area contributed by atoms with Gasteiger partial charge in [0.05, 0.1) is 11.2 Å². The molecule has 1 N–H and O–H groups in total. The molecule has 1 aliphatic rings. The highest BCUT2D eigenvalue weighted by molar-refractivity contribution is 5.77. The van der Waals surface area contributed by atoms with Gasteiger partial charge < -0.3 is 9.72 Å². The number of hydrogen-bond acceptors (Lipinski definition) is 2. The first-order valence-corrected chi connectivity index (χ1v) is 7.76. The number of fused-ring (bicyclic) bond motifs is 1. The second kappa shape index (κ2) is 5.54. The molecule has 4 heteroatoms. The molecule has 112 valence electrons. The van der Waals surface area contributed by atoms with Crippen molar-refractivity contribution in [3.63, 3.8) is 0 Å². The number of nitrogens with one attached hydrogen (secondary N) is 1. The maximum absolute atomic E-state index is 13.2. The van der Waals surface area contributed by atoms with Crippen molar-refractivity contribution in [2.45, 2.75) is 18.8 Å². The summed E-state index contributed by atoms with van der Waals surface area (Å²) in [5.74, 6) is 1.38. The average Bonchev–Trinajstić information content (AvgIpc) is 2.96. The summed E-state index contributed by atoms with van der Waals surface area (Å²) in [5.41, 5.74) is 2.99. The number of rotatable bonds is 2. The number of pyridine rings is 1. The largest absolute Gasteiger partial charge is 0.317 e. The number of imidazole rings is 1. The first kappa shape index (κ1) is 13.5. The zero-order valence-corrected chi connectivity index (χ0v) is 12.3. The Bertz CT molecular complexity index is 786. The van der Waals surface area contributed by atoms with Crippen molar-refractivity contribution in [1.82, 2.24) is 14.7 Å². The summed E-state index contributed by atoms with van der Waals surface area (Å²) >= 11 is 0. The number of aromatic nitrogens is 2. The molecule has 0 bridgehead atoms. The van der Waals surface area contributed by atoms with Gasteiger partial charge in [-0.05, 0) is 62.3 Å². The summed E-state index contributed by atoms with van der Waals surface area (Å²) in [5, 5.41) is 3.40. The van der Waals surface area contributed by atoms with Gasteiger partial charge >= 0.3 is 0 Å². The van der Waals surface area contributed by atoms with Crippen molar-refractivity contribution in [2.24, 2.45) is 0 Å². The Morgan fingerprint density at radius 3 is 2.59 bits per heavy atom. The van der Waals surface area contributed by atoms with Gasteiger partial charge in [0.1, 0.15) is 11.6 Å². The number of nitrogens with zero attached hydrogens (tertiary/aromatic N) is 2. The normalized spacial score (nSPS) is 16.2. The molecule has 0 radical (unpaired) electrons. The van der Waals surface area contributed by atoms with Gasteiger partial charge in [-0.1, -0.05) is 6.07 Å². The molecule has 0 amide bonds. The Hall–Kier alpha value is -2.20. The number of halogens is 1. The third-order valence-electron chi connectivity index (χ3n) is 4.40. The molecule has 22 heavy (non-hydrogen) atoms. The summed E-state index contributed by atoms with van der Waals surface area (Å²) in [6, 6.07) is 12.7. The highest BCUT2D eigenvalue weighted by Crippen LogP contribution is 2.31. The molecule has 3 aromatic rings. The maximum Gasteiger partial charge on any atom is 0.123 e. The van der Waals surface area contributed by atoms with E-state index in [9.17, 15) is 4.39 Å². The summed E-state index contributed by atoms with van der Waals surface area (Å²) < 4.78 is 15.4. The molecule has 1 saturated heterocycles. The molecule has 0 spiro atoms. The number of piperidine rings is 1. The lowest BCUT2D eigenvalue weighted by Crippen LogP contribution is -2.27. The second-order valence-electron chi connectivity index (χ2n) is 5.81. The molecule has 3 heterocycles. The van der Waals surface area contributed by atoms with Crippen LogP contribution in [0.3, 0.4) is 0 Å². The van der Waals surface area contributed by atoms with Gasteiger partial charge in [0, 0.05) is 17.7 Å². The fourth-order valence-electron chi connectivity index (χ4n) is 3.25. The molecule has 1 fully saturated rings. The van der Waals surface area contributed by atoms with Crippen molar-refractivity contribution >= 4 is 5.52 Å². The predicted octanol–water partition coefficient (Wildman–Crippen LogP) is 3.61. The van der Waals surface area contributed by atoms with E-state index in [2.05, 4.69) is 22.0 Å². The smallest absolute Gasteiger partial charge is 0.123 e. The molecule has 1 aromatic carbocycles. The lowest BCUT2D eigenvalue weighted by Gasteiger charge is -2.21. The summed E-state index contributed by atoms with van der Waals surface area (Å²) in [6.45, 7) is 2.08. The minimum atomic E-state index is -0.217. The van der Waals surface area contributed by atoms with Crippen LogP contribution in [0, 0.1) is 5.82 Å². The van der Waals surface area contributed by atoms with Crippen molar-refractivity contribution in [3.8, 4) is 11.3 Å². The fourth-order valence-corrected chi connectivity index (χ4v) is 3.25. The minimum Gasteiger partial charge on any atom is -0.317 e. The third kappa shape index (κ3) is 2.29. The van der Waals surface area contributed by atoms with Crippen LogP contribution < -0.4 is 5.32 Å². The van der Waals surface area contributed by atoms with E-state index in [1.54, 1.807) is 12.1 Å². The van der Waals surface area contributed by atoms with Crippen LogP contribution in [0.15, 0.2) is 48.7 Å². The molecule has 2 aromatic heterocycles. The summed E-state index contributed by atoms with van der Waals surface area (Å²) in [4.78, 5) is 4.93. The van der Waals surface area contributed by atoms with Gasteiger partial charge in [-0.25, -0.2) is 9.37 Å². The predicted molar refractivity (Wildman–Crippen MR) is 85.4 cm³/mol. The summed E-state index contributed by atoms with van der Waals surface area (Å²) in [6.07, 6.45) is 4.29. The summed E-state index contributed by atoms with van der Waals surface area (Å²) in [7, 11) is 0. The van der Waals surface area contributed by atoms with Crippen molar-refractivity contribution in [1.29, 1.82) is 0 Å². The fraction of sp³-hybridized carbons (Fsp3) is 0.278. The van der Waals surface area contributed by atoms with Crippen LogP contribution in [-0.4, -0.2) is 22.5 Å².